The highest BCUT2D eigenvalue weighted by molar-refractivity contribution is 6.30. The van der Waals surface area contributed by atoms with Gasteiger partial charge in [-0.15, -0.1) is 0 Å². The lowest BCUT2D eigenvalue weighted by Crippen LogP contribution is -2.15. The third-order valence-corrected chi connectivity index (χ3v) is 15.5. The van der Waals surface area contributed by atoms with E-state index >= 15 is 0 Å². The molecule has 0 radical (unpaired) electrons. The van der Waals surface area contributed by atoms with Gasteiger partial charge < -0.3 is 18.6 Å². The molecule has 332 valence electrons. The Bertz CT molecular complexity index is 4110. The van der Waals surface area contributed by atoms with Gasteiger partial charge in [-0.2, -0.15) is 0 Å². The van der Waals surface area contributed by atoms with Crippen LogP contribution in [-0.2, 0) is 0 Å². The molecule has 12 aromatic carbocycles. The van der Waals surface area contributed by atoms with E-state index in [0.717, 1.165) is 88.8 Å². The van der Waals surface area contributed by atoms with Crippen LogP contribution in [0.4, 0.5) is 34.1 Å². The van der Waals surface area contributed by atoms with Gasteiger partial charge in [-0.3, -0.25) is 0 Å². The fourth-order valence-electron chi connectivity index (χ4n) is 12.3. The van der Waals surface area contributed by atoms with Crippen molar-refractivity contribution >= 4 is 132 Å². The maximum Gasteiger partial charge on any atom is 0.159 e. The molecule has 2 heterocycles. The molecule has 4 heteroatoms. The molecule has 1 saturated carbocycles. The molecule has 0 saturated heterocycles. The summed E-state index contributed by atoms with van der Waals surface area (Å²) in [7, 11) is 0. The van der Waals surface area contributed by atoms with Gasteiger partial charge in [0, 0.05) is 48.5 Å². The summed E-state index contributed by atoms with van der Waals surface area (Å²) in [5.41, 5.74) is 11.1. The highest BCUT2D eigenvalue weighted by atomic mass is 16.3. The van der Waals surface area contributed by atoms with E-state index in [9.17, 15) is 0 Å². The Hall–Kier alpha value is -8.60. The molecule has 0 amide bonds. The molecule has 0 bridgehead atoms. The molecule has 2 aromatic heterocycles. The van der Waals surface area contributed by atoms with E-state index in [4.69, 9.17) is 8.83 Å². The molecule has 0 unspecified atom stereocenters. The minimum Gasteiger partial charge on any atom is -0.454 e. The Labute approximate surface area is 404 Å². The van der Waals surface area contributed by atoms with E-state index < -0.39 is 0 Å². The molecule has 1 aliphatic rings. The van der Waals surface area contributed by atoms with E-state index in [2.05, 4.69) is 222 Å². The monoisotopic (exact) mass is 898 g/mol. The van der Waals surface area contributed by atoms with Crippen molar-refractivity contribution in [3.63, 3.8) is 0 Å². The molecule has 0 atom stereocenters. The van der Waals surface area contributed by atoms with E-state index in [-0.39, 0.29) is 0 Å². The topological polar surface area (TPSA) is 32.8 Å². The average Bonchev–Trinajstić information content (AvgIpc) is 4.01. The van der Waals surface area contributed by atoms with Gasteiger partial charge in [0.25, 0.3) is 0 Å². The van der Waals surface area contributed by atoms with Gasteiger partial charge in [-0.05, 0) is 93.7 Å². The zero-order chi connectivity index (χ0) is 45.9. The first-order chi connectivity index (χ1) is 34.7. The Morgan fingerprint density at radius 3 is 1.26 bits per heavy atom. The number of hydrogen-bond donors (Lipinski definition) is 0. The average molecular weight is 899 g/mol. The molecular weight excluding hydrogens is 853 g/mol. The fourth-order valence-corrected chi connectivity index (χ4v) is 12.3. The number of benzene rings is 12. The van der Waals surface area contributed by atoms with Crippen molar-refractivity contribution in [2.45, 2.75) is 38.0 Å². The van der Waals surface area contributed by atoms with Crippen LogP contribution in [0.15, 0.2) is 221 Å². The number of fused-ring (bicyclic) bond motifs is 8. The van der Waals surface area contributed by atoms with Crippen molar-refractivity contribution in [3.05, 3.63) is 218 Å². The maximum atomic E-state index is 6.99. The zero-order valence-corrected chi connectivity index (χ0v) is 38.5. The van der Waals surface area contributed by atoms with E-state index in [1.54, 1.807) is 0 Å². The first kappa shape index (κ1) is 39.4. The Morgan fingerprint density at radius 2 is 0.729 bits per heavy atom. The van der Waals surface area contributed by atoms with Gasteiger partial charge in [0.05, 0.1) is 34.1 Å². The Balaban J connectivity index is 1.12. The SMILES string of the molecule is c1ccc2c(N(c3cc(N(c4cccc5ccccc45)c4cccc5c4oc4ccccc45)c4ccc5cc(C6CCCCC6)cc6ccc3c4c65)c3cccc4c3oc3ccccc34)cccc2c1. The first-order valence-electron chi connectivity index (χ1n) is 24.9. The third kappa shape index (κ3) is 5.89. The minimum atomic E-state index is 0.582. The van der Waals surface area contributed by atoms with Gasteiger partial charge in [0.15, 0.2) is 11.2 Å². The van der Waals surface area contributed by atoms with Crippen molar-refractivity contribution in [1.82, 2.24) is 0 Å². The minimum absolute atomic E-state index is 0.582. The first-order valence-corrected chi connectivity index (χ1v) is 24.9. The Morgan fingerprint density at radius 1 is 0.300 bits per heavy atom. The van der Waals surface area contributed by atoms with Crippen LogP contribution in [0.5, 0.6) is 0 Å². The highest BCUT2D eigenvalue weighted by Crippen LogP contribution is 2.54. The lowest BCUT2D eigenvalue weighted by atomic mass is 9.82. The summed E-state index contributed by atoms with van der Waals surface area (Å²) in [5, 5.41) is 16.4. The molecule has 4 nitrogen and oxygen atoms in total. The number of nitrogens with zero attached hydrogens (tertiary/aromatic N) is 2. The van der Waals surface area contributed by atoms with Crippen LogP contribution >= 0.6 is 0 Å². The molecule has 0 N–H and O–H groups in total. The lowest BCUT2D eigenvalue weighted by molar-refractivity contribution is 0.444. The fraction of sp³-hybridized carbons (Fsp3) is 0.0909. The molecule has 70 heavy (non-hydrogen) atoms. The van der Waals surface area contributed by atoms with Crippen molar-refractivity contribution < 1.29 is 8.83 Å². The van der Waals surface area contributed by atoms with Gasteiger partial charge >= 0.3 is 0 Å². The van der Waals surface area contributed by atoms with Crippen LogP contribution in [0.3, 0.4) is 0 Å². The molecular formula is C66H46N2O2. The number of anilines is 6. The highest BCUT2D eigenvalue weighted by Gasteiger charge is 2.30. The van der Waals surface area contributed by atoms with Gasteiger partial charge in [-0.25, -0.2) is 0 Å². The molecule has 0 aliphatic heterocycles. The second-order valence-electron chi connectivity index (χ2n) is 19.4. The van der Waals surface area contributed by atoms with Crippen LogP contribution in [0.25, 0.3) is 97.7 Å². The number of rotatable bonds is 7. The lowest BCUT2D eigenvalue weighted by Gasteiger charge is -2.33. The van der Waals surface area contributed by atoms with E-state index in [0.29, 0.717) is 5.92 Å². The summed E-state index contributed by atoms with van der Waals surface area (Å²) in [6.07, 6.45) is 6.43. The van der Waals surface area contributed by atoms with Crippen LogP contribution in [-0.4, -0.2) is 0 Å². The normalized spacial score (nSPS) is 13.7. The largest absolute Gasteiger partial charge is 0.454 e. The molecule has 15 rings (SSSR count). The van der Waals surface area contributed by atoms with Crippen LogP contribution < -0.4 is 9.80 Å². The maximum absolute atomic E-state index is 6.99. The van der Waals surface area contributed by atoms with E-state index in [1.165, 1.54) is 80.8 Å². The summed E-state index contributed by atoms with van der Waals surface area (Å²) in [6, 6.07) is 78.0. The number of para-hydroxylation sites is 4. The second kappa shape index (κ2) is 15.5. The van der Waals surface area contributed by atoms with Crippen molar-refractivity contribution in [2.24, 2.45) is 0 Å². The van der Waals surface area contributed by atoms with Crippen molar-refractivity contribution in [2.75, 3.05) is 9.80 Å². The Kier molecular flexibility index (Phi) is 8.70. The summed E-state index contributed by atoms with van der Waals surface area (Å²) < 4.78 is 14.0. The second-order valence-corrected chi connectivity index (χ2v) is 19.4. The predicted molar refractivity (Wildman–Crippen MR) is 295 cm³/mol. The van der Waals surface area contributed by atoms with E-state index in [1.807, 2.05) is 0 Å². The van der Waals surface area contributed by atoms with Crippen molar-refractivity contribution in [3.8, 4) is 0 Å². The molecule has 1 aliphatic carbocycles. The van der Waals surface area contributed by atoms with Gasteiger partial charge in [-0.1, -0.05) is 189 Å². The predicted octanol–water partition coefficient (Wildman–Crippen LogP) is 19.7. The smallest absolute Gasteiger partial charge is 0.159 e. The number of hydrogen-bond acceptors (Lipinski definition) is 4. The van der Waals surface area contributed by atoms with Crippen LogP contribution in [0.2, 0.25) is 0 Å². The summed E-state index contributed by atoms with van der Waals surface area (Å²) in [6.45, 7) is 0. The molecule has 1 fully saturated rings. The van der Waals surface area contributed by atoms with Gasteiger partial charge in [0.1, 0.15) is 11.2 Å². The molecule has 14 aromatic rings. The standard InChI is InChI=1S/C66H46N2O2/c1-2-16-41(17-3-1)46-38-44-34-36-53-59(67(55-28-12-20-42-18-4-6-22-47(42)55)57-30-14-26-51-49-24-8-10-32-61(49)69-65(51)57)40-60(54-37-35-45(39-46)63(44)64(53)54)68(56-29-13-21-43-19-5-7-23-48(43)56)58-31-15-27-52-50-25-9-11-33-62(50)70-66(52)58/h4-15,18-41H,1-3,16-17H2. The van der Waals surface area contributed by atoms with Crippen molar-refractivity contribution in [1.29, 1.82) is 0 Å². The van der Waals surface area contributed by atoms with Crippen LogP contribution in [0, 0.1) is 0 Å². The molecule has 0 spiro atoms. The van der Waals surface area contributed by atoms with Crippen LogP contribution in [0.1, 0.15) is 43.6 Å². The summed E-state index contributed by atoms with van der Waals surface area (Å²) >= 11 is 0. The number of furan rings is 2. The quantitative estimate of drug-likeness (QED) is 0.149. The van der Waals surface area contributed by atoms with Gasteiger partial charge in [0.2, 0.25) is 0 Å². The zero-order valence-electron chi connectivity index (χ0n) is 38.5. The summed E-state index contributed by atoms with van der Waals surface area (Å²) in [4.78, 5) is 4.97. The summed E-state index contributed by atoms with van der Waals surface area (Å²) in [5.74, 6) is 0.582. The third-order valence-electron chi connectivity index (χ3n) is 15.5.